The van der Waals surface area contributed by atoms with Crippen LogP contribution in [0, 0.1) is 0 Å². The summed E-state index contributed by atoms with van der Waals surface area (Å²) in [6.07, 6.45) is 10.2. The Kier molecular flexibility index (Phi) is 5.48. The molecule has 0 unspecified atom stereocenters. The molecule has 0 spiro atoms. The SMILES string of the molecule is O=C(c1cccc(-c2ccc(Cn3ccnc3)cn2)c1)N1CCCC[C@H]1CO. The number of aromatic nitrogens is 3. The third-order valence-electron chi connectivity index (χ3n) is 5.25. The normalized spacial score (nSPS) is 16.9. The molecule has 1 fully saturated rings. The molecule has 1 aliphatic rings. The minimum Gasteiger partial charge on any atom is -0.394 e. The van der Waals surface area contributed by atoms with Gasteiger partial charge in [0, 0.05) is 42.8 Å². The average molecular weight is 376 g/mol. The van der Waals surface area contributed by atoms with Crippen molar-refractivity contribution in [3.05, 3.63) is 72.4 Å². The quantitative estimate of drug-likeness (QED) is 0.743. The van der Waals surface area contributed by atoms with E-state index in [1.54, 1.807) is 12.5 Å². The van der Waals surface area contributed by atoms with Gasteiger partial charge in [0.2, 0.25) is 0 Å². The molecular formula is C22H24N4O2. The number of pyridine rings is 1. The molecule has 0 saturated carbocycles. The predicted octanol–water partition coefficient (Wildman–Crippen LogP) is 2.98. The molecule has 3 heterocycles. The fourth-order valence-electron chi connectivity index (χ4n) is 3.71. The monoisotopic (exact) mass is 376 g/mol. The van der Waals surface area contributed by atoms with Gasteiger partial charge in [0.25, 0.3) is 5.91 Å². The zero-order chi connectivity index (χ0) is 19.3. The topological polar surface area (TPSA) is 71.2 Å². The molecule has 1 aromatic carbocycles. The number of piperidine rings is 1. The molecule has 6 nitrogen and oxygen atoms in total. The molecule has 0 bridgehead atoms. The second-order valence-corrected chi connectivity index (χ2v) is 7.20. The van der Waals surface area contributed by atoms with Crippen LogP contribution in [-0.4, -0.2) is 49.6 Å². The van der Waals surface area contributed by atoms with Gasteiger partial charge in [-0.1, -0.05) is 18.2 Å². The fourth-order valence-corrected chi connectivity index (χ4v) is 3.71. The van der Waals surface area contributed by atoms with E-state index in [2.05, 4.69) is 9.97 Å². The average Bonchev–Trinajstić information content (AvgIpc) is 3.27. The first-order chi connectivity index (χ1) is 13.7. The lowest BCUT2D eigenvalue weighted by molar-refractivity contribution is 0.0503. The third kappa shape index (κ3) is 3.97. The summed E-state index contributed by atoms with van der Waals surface area (Å²) in [4.78, 5) is 23.4. The van der Waals surface area contributed by atoms with Crippen LogP contribution in [0.3, 0.4) is 0 Å². The Labute approximate surface area is 164 Å². The summed E-state index contributed by atoms with van der Waals surface area (Å²) in [5, 5.41) is 9.60. The zero-order valence-corrected chi connectivity index (χ0v) is 15.7. The van der Waals surface area contributed by atoms with Gasteiger partial charge in [0.05, 0.1) is 24.7 Å². The lowest BCUT2D eigenvalue weighted by atomic mass is 10.0. The Morgan fingerprint density at radius 2 is 2.14 bits per heavy atom. The van der Waals surface area contributed by atoms with E-state index in [9.17, 15) is 9.90 Å². The van der Waals surface area contributed by atoms with Gasteiger partial charge in [0.15, 0.2) is 0 Å². The van der Waals surface area contributed by atoms with Crippen molar-refractivity contribution in [3.63, 3.8) is 0 Å². The first-order valence-electron chi connectivity index (χ1n) is 9.67. The summed E-state index contributed by atoms with van der Waals surface area (Å²) in [6, 6.07) is 11.5. The maximum absolute atomic E-state index is 13.0. The summed E-state index contributed by atoms with van der Waals surface area (Å²) in [5.41, 5.74) is 3.48. The van der Waals surface area contributed by atoms with Gasteiger partial charge in [-0.2, -0.15) is 0 Å². The number of likely N-dealkylation sites (tertiary alicyclic amines) is 1. The maximum Gasteiger partial charge on any atom is 0.254 e. The van der Waals surface area contributed by atoms with Gasteiger partial charge in [0.1, 0.15) is 0 Å². The van der Waals surface area contributed by atoms with Crippen LogP contribution in [0.4, 0.5) is 0 Å². The van der Waals surface area contributed by atoms with Crippen LogP contribution in [0.2, 0.25) is 0 Å². The molecule has 1 atom stereocenters. The van der Waals surface area contributed by atoms with Crippen LogP contribution in [0.15, 0.2) is 61.3 Å². The van der Waals surface area contributed by atoms with Crippen LogP contribution in [-0.2, 0) is 6.54 Å². The number of benzene rings is 1. The summed E-state index contributed by atoms with van der Waals surface area (Å²) >= 11 is 0. The molecule has 0 aliphatic carbocycles. The number of amides is 1. The summed E-state index contributed by atoms with van der Waals surface area (Å²) in [7, 11) is 0. The molecule has 1 N–H and O–H groups in total. The standard InChI is InChI=1S/C22H24N4O2/c27-15-20-6-1-2-10-26(20)22(28)19-5-3-4-18(12-19)21-8-7-17(13-24-21)14-25-11-9-23-16-25/h3-5,7-9,11-13,16,20,27H,1-2,6,10,14-15H2/t20-/m0/s1. The number of carbonyl (C=O) groups excluding carboxylic acids is 1. The lowest BCUT2D eigenvalue weighted by Gasteiger charge is -2.34. The van der Waals surface area contributed by atoms with Crippen molar-refractivity contribution < 1.29 is 9.90 Å². The van der Waals surface area contributed by atoms with Gasteiger partial charge in [-0.3, -0.25) is 9.78 Å². The van der Waals surface area contributed by atoms with E-state index in [1.807, 2.05) is 58.3 Å². The number of aliphatic hydroxyl groups excluding tert-OH is 1. The Morgan fingerprint density at radius 3 is 2.89 bits per heavy atom. The Morgan fingerprint density at radius 1 is 1.21 bits per heavy atom. The molecule has 1 saturated heterocycles. The van der Waals surface area contributed by atoms with Gasteiger partial charge < -0.3 is 14.6 Å². The number of hydrogen-bond acceptors (Lipinski definition) is 4. The van der Waals surface area contributed by atoms with Crippen molar-refractivity contribution in [3.8, 4) is 11.3 Å². The number of carbonyl (C=O) groups is 1. The molecule has 1 aliphatic heterocycles. The van der Waals surface area contributed by atoms with Gasteiger partial charge >= 0.3 is 0 Å². The van der Waals surface area contributed by atoms with Crippen molar-refractivity contribution in [2.75, 3.05) is 13.2 Å². The predicted molar refractivity (Wildman–Crippen MR) is 107 cm³/mol. The van der Waals surface area contributed by atoms with Crippen molar-refractivity contribution in [1.29, 1.82) is 0 Å². The molecule has 28 heavy (non-hydrogen) atoms. The third-order valence-corrected chi connectivity index (χ3v) is 5.25. The van der Waals surface area contributed by atoms with Gasteiger partial charge in [-0.15, -0.1) is 0 Å². The number of nitrogens with zero attached hydrogens (tertiary/aromatic N) is 4. The maximum atomic E-state index is 13.0. The van der Waals surface area contributed by atoms with E-state index >= 15 is 0 Å². The molecule has 144 valence electrons. The first-order valence-corrected chi connectivity index (χ1v) is 9.67. The van der Waals surface area contributed by atoms with Crippen molar-refractivity contribution in [2.24, 2.45) is 0 Å². The van der Waals surface area contributed by atoms with E-state index in [4.69, 9.17) is 0 Å². The second-order valence-electron chi connectivity index (χ2n) is 7.20. The van der Waals surface area contributed by atoms with Crippen LogP contribution in [0.5, 0.6) is 0 Å². The molecule has 0 radical (unpaired) electrons. The summed E-state index contributed by atoms with van der Waals surface area (Å²) in [5.74, 6) is -0.0164. The highest BCUT2D eigenvalue weighted by molar-refractivity contribution is 5.95. The first kappa shape index (κ1) is 18.4. The summed E-state index contributed by atoms with van der Waals surface area (Å²) < 4.78 is 1.99. The van der Waals surface area contributed by atoms with Gasteiger partial charge in [-0.25, -0.2) is 4.98 Å². The minimum atomic E-state index is -0.0782. The van der Waals surface area contributed by atoms with Crippen LogP contribution < -0.4 is 0 Å². The van der Waals surface area contributed by atoms with Crippen molar-refractivity contribution in [2.45, 2.75) is 31.8 Å². The van der Waals surface area contributed by atoms with E-state index in [0.717, 1.165) is 42.6 Å². The highest BCUT2D eigenvalue weighted by Gasteiger charge is 2.27. The number of hydrogen-bond donors (Lipinski definition) is 1. The highest BCUT2D eigenvalue weighted by atomic mass is 16.3. The van der Waals surface area contributed by atoms with E-state index < -0.39 is 0 Å². The molecule has 2 aromatic heterocycles. The Bertz CT molecular complexity index is 922. The minimum absolute atomic E-state index is 0.0164. The van der Waals surface area contributed by atoms with E-state index in [1.165, 1.54) is 0 Å². The number of aliphatic hydroxyl groups is 1. The Hall–Kier alpha value is -2.99. The van der Waals surface area contributed by atoms with Crippen LogP contribution >= 0.6 is 0 Å². The van der Waals surface area contributed by atoms with Gasteiger partial charge in [-0.05, 0) is 43.0 Å². The fraction of sp³-hybridized carbons (Fsp3) is 0.318. The molecule has 4 rings (SSSR count). The smallest absolute Gasteiger partial charge is 0.254 e. The van der Waals surface area contributed by atoms with Crippen LogP contribution in [0.25, 0.3) is 11.3 Å². The summed E-state index contributed by atoms with van der Waals surface area (Å²) in [6.45, 7) is 1.45. The second kappa shape index (κ2) is 8.35. The molecule has 6 heteroatoms. The van der Waals surface area contributed by atoms with Crippen molar-refractivity contribution >= 4 is 5.91 Å². The molecule has 3 aromatic rings. The zero-order valence-electron chi connectivity index (χ0n) is 15.7. The van der Waals surface area contributed by atoms with E-state index in [-0.39, 0.29) is 18.6 Å². The highest BCUT2D eigenvalue weighted by Crippen LogP contribution is 2.23. The molecular weight excluding hydrogens is 352 g/mol. The lowest BCUT2D eigenvalue weighted by Crippen LogP contribution is -2.45. The van der Waals surface area contributed by atoms with Crippen molar-refractivity contribution in [1.82, 2.24) is 19.4 Å². The number of imidazole rings is 1. The number of rotatable bonds is 5. The largest absolute Gasteiger partial charge is 0.394 e. The Balaban J connectivity index is 1.52. The van der Waals surface area contributed by atoms with E-state index in [0.29, 0.717) is 12.1 Å². The van der Waals surface area contributed by atoms with Crippen LogP contribution in [0.1, 0.15) is 35.2 Å². The molecule has 1 amide bonds.